The minimum Gasteiger partial charge on any atom is -0.482 e. The molecule has 1 aliphatic rings. The first-order chi connectivity index (χ1) is 12.2. The van der Waals surface area contributed by atoms with Crippen LogP contribution in [0.1, 0.15) is 34.6 Å². The maximum Gasteiger partial charge on any atom is 0.433 e. The van der Waals surface area contributed by atoms with E-state index in [0.29, 0.717) is 0 Å². The number of amides is 1. The maximum absolute atomic E-state index is 12.7. The fourth-order valence-electron chi connectivity index (χ4n) is 2.55. The predicted octanol–water partition coefficient (Wildman–Crippen LogP) is 2.18. The molecule has 0 aliphatic carbocycles. The number of hydrogen-bond donors (Lipinski definition) is 1. The third-order valence-corrected chi connectivity index (χ3v) is 4.15. The molecule has 0 unspecified atom stereocenters. The van der Waals surface area contributed by atoms with Gasteiger partial charge < -0.3 is 19.2 Å². The van der Waals surface area contributed by atoms with E-state index in [1.807, 2.05) is 0 Å². The first-order valence-electron chi connectivity index (χ1n) is 7.77. The summed E-state index contributed by atoms with van der Waals surface area (Å²) < 4.78 is 48.5. The number of rotatable bonds is 4. The fraction of sp³-hybridized carbons (Fsp3) is 0.438. The molecular formula is C16H16F3N3O4. The van der Waals surface area contributed by atoms with Gasteiger partial charge in [0.15, 0.2) is 12.3 Å². The molecule has 140 valence electrons. The van der Waals surface area contributed by atoms with Crippen molar-refractivity contribution in [3.05, 3.63) is 41.4 Å². The van der Waals surface area contributed by atoms with Crippen LogP contribution < -0.4 is 4.74 Å². The third-order valence-electron chi connectivity index (χ3n) is 4.15. The lowest BCUT2D eigenvalue weighted by Crippen LogP contribution is -2.60. The van der Waals surface area contributed by atoms with E-state index in [4.69, 9.17) is 9.15 Å². The zero-order valence-corrected chi connectivity index (χ0v) is 13.9. The standard InChI is InChI=1S/C16H16F3N3O4/c1-8-3-10(4-20-14(8)16(17,18)19)25-7-13-21-11(6-26-13)15(24)22-5-12(23)9(22)2/h3-4,6,9,12,23H,5,7H2,1-2H3/t9-,12-/m0/s1. The van der Waals surface area contributed by atoms with Gasteiger partial charge in [-0.1, -0.05) is 0 Å². The fourth-order valence-corrected chi connectivity index (χ4v) is 2.55. The van der Waals surface area contributed by atoms with Crippen molar-refractivity contribution in [2.24, 2.45) is 0 Å². The van der Waals surface area contributed by atoms with Crippen molar-refractivity contribution in [1.29, 1.82) is 0 Å². The summed E-state index contributed by atoms with van der Waals surface area (Å²) in [5.41, 5.74) is -0.965. The second-order valence-corrected chi connectivity index (χ2v) is 6.01. The van der Waals surface area contributed by atoms with Crippen LogP contribution in [0.4, 0.5) is 13.2 Å². The molecule has 0 spiro atoms. The van der Waals surface area contributed by atoms with Crippen LogP contribution in [0.2, 0.25) is 0 Å². The summed E-state index contributed by atoms with van der Waals surface area (Å²) in [7, 11) is 0. The van der Waals surface area contributed by atoms with E-state index in [2.05, 4.69) is 9.97 Å². The molecule has 3 heterocycles. The van der Waals surface area contributed by atoms with Gasteiger partial charge in [-0.2, -0.15) is 13.2 Å². The molecule has 7 nitrogen and oxygen atoms in total. The van der Waals surface area contributed by atoms with Crippen molar-refractivity contribution in [3.63, 3.8) is 0 Å². The van der Waals surface area contributed by atoms with Gasteiger partial charge in [-0.3, -0.25) is 4.79 Å². The Morgan fingerprint density at radius 1 is 1.50 bits per heavy atom. The van der Waals surface area contributed by atoms with Gasteiger partial charge in [0, 0.05) is 6.54 Å². The molecule has 2 aromatic heterocycles. The van der Waals surface area contributed by atoms with Crippen LogP contribution in [-0.4, -0.2) is 44.6 Å². The number of aromatic nitrogens is 2. The van der Waals surface area contributed by atoms with E-state index in [1.54, 1.807) is 6.92 Å². The van der Waals surface area contributed by atoms with Gasteiger partial charge in [0.25, 0.3) is 5.91 Å². The number of nitrogens with zero attached hydrogens (tertiary/aromatic N) is 3. The molecule has 26 heavy (non-hydrogen) atoms. The van der Waals surface area contributed by atoms with Gasteiger partial charge in [-0.05, 0) is 25.5 Å². The number of β-amino-alcohol motifs (C(OH)–C–C–N with tert-alkyl or cyclic N) is 1. The van der Waals surface area contributed by atoms with Crippen LogP contribution in [0.25, 0.3) is 0 Å². The summed E-state index contributed by atoms with van der Waals surface area (Å²) >= 11 is 0. The largest absolute Gasteiger partial charge is 0.482 e. The number of aryl methyl sites for hydroxylation is 1. The number of pyridine rings is 1. The molecule has 0 saturated carbocycles. The lowest BCUT2D eigenvalue weighted by atomic mass is 10.0. The molecule has 1 aliphatic heterocycles. The van der Waals surface area contributed by atoms with Gasteiger partial charge in [-0.25, -0.2) is 9.97 Å². The Morgan fingerprint density at radius 2 is 2.23 bits per heavy atom. The molecule has 3 rings (SSSR count). The predicted molar refractivity (Wildman–Crippen MR) is 81.3 cm³/mol. The number of halogens is 3. The molecular weight excluding hydrogens is 355 g/mol. The summed E-state index contributed by atoms with van der Waals surface area (Å²) in [6.45, 7) is 3.07. The highest BCUT2D eigenvalue weighted by Gasteiger charge is 2.38. The highest BCUT2D eigenvalue weighted by Crippen LogP contribution is 2.31. The average Bonchev–Trinajstić information content (AvgIpc) is 3.05. The van der Waals surface area contributed by atoms with Gasteiger partial charge >= 0.3 is 6.18 Å². The zero-order valence-electron chi connectivity index (χ0n) is 13.9. The van der Waals surface area contributed by atoms with Crippen LogP contribution in [0, 0.1) is 6.92 Å². The summed E-state index contributed by atoms with van der Waals surface area (Å²) in [6, 6.07) is 0.925. The highest BCUT2D eigenvalue weighted by atomic mass is 19.4. The molecule has 10 heteroatoms. The Kier molecular flexibility index (Phi) is 4.61. The molecule has 1 N–H and O–H groups in total. The Bertz CT molecular complexity index is 821. The van der Waals surface area contributed by atoms with Gasteiger partial charge in [0.1, 0.15) is 17.7 Å². The summed E-state index contributed by atoms with van der Waals surface area (Å²) in [5, 5.41) is 9.46. The van der Waals surface area contributed by atoms with Crippen LogP contribution in [0.5, 0.6) is 5.75 Å². The number of aliphatic hydroxyl groups excluding tert-OH is 1. The smallest absolute Gasteiger partial charge is 0.433 e. The molecule has 1 fully saturated rings. The summed E-state index contributed by atoms with van der Waals surface area (Å²) in [6.07, 6.45) is -2.94. The van der Waals surface area contributed by atoms with E-state index < -0.39 is 18.0 Å². The number of ether oxygens (including phenoxy) is 1. The maximum atomic E-state index is 12.7. The monoisotopic (exact) mass is 371 g/mol. The van der Waals surface area contributed by atoms with Crippen LogP contribution in [0.15, 0.2) is 22.9 Å². The first kappa shape index (κ1) is 18.2. The van der Waals surface area contributed by atoms with E-state index in [1.165, 1.54) is 24.2 Å². The van der Waals surface area contributed by atoms with E-state index in [9.17, 15) is 23.1 Å². The quantitative estimate of drug-likeness (QED) is 0.886. The van der Waals surface area contributed by atoms with E-state index in [0.717, 1.165) is 6.20 Å². The van der Waals surface area contributed by atoms with Crippen molar-refractivity contribution in [1.82, 2.24) is 14.9 Å². The Hall–Kier alpha value is -2.62. The zero-order chi connectivity index (χ0) is 19.1. The van der Waals surface area contributed by atoms with E-state index >= 15 is 0 Å². The molecule has 1 saturated heterocycles. The van der Waals surface area contributed by atoms with Crippen molar-refractivity contribution in [2.75, 3.05) is 6.54 Å². The van der Waals surface area contributed by atoms with Gasteiger partial charge in [0.05, 0.1) is 18.3 Å². The molecule has 0 radical (unpaired) electrons. The molecule has 0 bridgehead atoms. The average molecular weight is 371 g/mol. The Morgan fingerprint density at radius 3 is 2.81 bits per heavy atom. The van der Waals surface area contributed by atoms with Crippen LogP contribution in [-0.2, 0) is 12.8 Å². The second-order valence-electron chi connectivity index (χ2n) is 6.01. The normalized spacial score (nSPS) is 20.0. The third kappa shape index (κ3) is 3.50. The minimum absolute atomic E-state index is 0.0661. The van der Waals surface area contributed by atoms with Crippen LogP contribution in [0.3, 0.4) is 0 Å². The van der Waals surface area contributed by atoms with Crippen molar-refractivity contribution in [3.8, 4) is 5.75 Å². The van der Waals surface area contributed by atoms with Crippen molar-refractivity contribution < 1.29 is 32.2 Å². The number of alkyl halides is 3. The molecule has 1 amide bonds. The lowest BCUT2D eigenvalue weighted by molar-refractivity contribution is -0.141. The number of aliphatic hydroxyl groups is 1. The first-order valence-corrected chi connectivity index (χ1v) is 7.77. The number of hydrogen-bond acceptors (Lipinski definition) is 6. The topological polar surface area (TPSA) is 88.7 Å². The second kappa shape index (κ2) is 6.60. The molecule has 0 aromatic carbocycles. The number of likely N-dealkylation sites (tertiary alicyclic amines) is 1. The number of carbonyl (C=O) groups is 1. The highest BCUT2D eigenvalue weighted by molar-refractivity contribution is 5.92. The Balaban J connectivity index is 1.62. The van der Waals surface area contributed by atoms with Gasteiger partial charge in [0.2, 0.25) is 5.89 Å². The lowest BCUT2D eigenvalue weighted by Gasteiger charge is -2.42. The minimum atomic E-state index is -4.53. The Labute approximate surface area is 146 Å². The number of oxazole rings is 1. The number of carbonyl (C=O) groups excluding carboxylic acids is 1. The summed E-state index contributed by atoms with van der Waals surface area (Å²) in [4.78, 5) is 21.0. The van der Waals surface area contributed by atoms with Gasteiger partial charge in [-0.15, -0.1) is 0 Å². The van der Waals surface area contributed by atoms with Crippen molar-refractivity contribution >= 4 is 5.91 Å². The molecule has 2 aromatic rings. The molecule has 2 atom stereocenters. The SMILES string of the molecule is Cc1cc(OCc2nc(C(=O)N3C[C@H](O)[C@@H]3C)co2)cnc1C(F)(F)F. The van der Waals surface area contributed by atoms with E-state index in [-0.39, 0.29) is 48.0 Å². The summed E-state index contributed by atoms with van der Waals surface area (Å²) in [5.74, 6) is -0.148. The van der Waals surface area contributed by atoms with Crippen molar-refractivity contribution in [2.45, 2.75) is 38.8 Å². The van der Waals surface area contributed by atoms with Crippen LogP contribution >= 0.6 is 0 Å².